The predicted molar refractivity (Wildman–Crippen MR) is 57.3 cm³/mol. The summed E-state index contributed by atoms with van der Waals surface area (Å²) >= 11 is 0. The van der Waals surface area contributed by atoms with E-state index in [9.17, 15) is 0 Å². The molecule has 0 aliphatic heterocycles. The molecule has 1 aromatic rings. The smallest absolute Gasteiger partial charge is 0.0666 e. The standard InChI is InChI=1S/C11H17B/c1-3-11(2,12)9-10-7-5-4-6-8-10/h4-8H,3,9,12H2,1-2H3. The van der Waals surface area contributed by atoms with E-state index >= 15 is 0 Å². The van der Waals surface area contributed by atoms with Crippen molar-refractivity contribution >= 4 is 7.85 Å². The Balaban J connectivity index is 2.64. The van der Waals surface area contributed by atoms with Crippen molar-refractivity contribution in [3.8, 4) is 0 Å². The fraction of sp³-hybridized carbons (Fsp3) is 0.455. The third-order valence-electron chi connectivity index (χ3n) is 2.48. The maximum atomic E-state index is 2.32. The molecular weight excluding hydrogens is 143 g/mol. The molecule has 1 rings (SSSR count). The number of benzene rings is 1. The molecule has 12 heavy (non-hydrogen) atoms. The van der Waals surface area contributed by atoms with E-state index in [1.807, 2.05) is 0 Å². The quantitative estimate of drug-likeness (QED) is 0.595. The predicted octanol–water partition coefficient (Wildman–Crippen LogP) is 2.45. The van der Waals surface area contributed by atoms with Gasteiger partial charge in [-0.15, -0.1) is 0 Å². The maximum Gasteiger partial charge on any atom is 0.109 e. The Morgan fingerprint density at radius 1 is 1.25 bits per heavy atom. The first-order chi connectivity index (χ1) is 5.64. The Hall–Kier alpha value is -0.715. The van der Waals surface area contributed by atoms with Crippen molar-refractivity contribution in [3.63, 3.8) is 0 Å². The monoisotopic (exact) mass is 160 g/mol. The fourth-order valence-electron chi connectivity index (χ4n) is 1.27. The zero-order valence-electron chi connectivity index (χ0n) is 8.30. The molecule has 0 amide bonds. The largest absolute Gasteiger partial charge is 0.109 e. The average molecular weight is 160 g/mol. The third-order valence-corrected chi connectivity index (χ3v) is 2.48. The Bertz CT molecular complexity index is 226. The normalized spacial score (nSPS) is 15.5. The van der Waals surface area contributed by atoms with Gasteiger partial charge in [0.1, 0.15) is 7.85 Å². The molecule has 0 aromatic heterocycles. The van der Waals surface area contributed by atoms with Crippen molar-refractivity contribution in [1.29, 1.82) is 0 Å². The van der Waals surface area contributed by atoms with Gasteiger partial charge in [-0.3, -0.25) is 0 Å². The number of hydrogen-bond acceptors (Lipinski definition) is 0. The molecule has 0 nitrogen and oxygen atoms in total. The Labute approximate surface area is 76.4 Å². The van der Waals surface area contributed by atoms with Crippen LogP contribution in [0.25, 0.3) is 0 Å². The van der Waals surface area contributed by atoms with Crippen LogP contribution in [0.3, 0.4) is 0 Å². The Kier molecular flexibility index (Phi) is 2.96. The first kappa shape index (κ1) is 9.37. The highest BCUT2D eigenvalue weighted by Crippen LogP contribution is 2.29. The highest BCUT2D eigenvalue weighted by molar-refractivity contribution is 6.14. The Morgan fingerprint density at radius 3 is 2.33 bits per heavy atom. The minimum Gasteiger partial charge on any atom is -0.0666 e. The summed E-state index contributed by atoms with van der Waals surface area (Å²) in [6, 6.07) is 10.7. The summed E-state index contributed by atoms with van der Waals surface area (Å²) in [6.45, 7) is 4.57. The summed E-state index contributed by atoms with van der Waals surface area (Å²) in [5.74, 6) is 0. The van der Waals surface area contributed by atoms with Crippen molar-refractivity contribution in [2.75, 3.05) is 0 Å². The van der Waals surface area contributed by atoms with Gasteiger partial charge in [-0.25, -0.2) is 0 Å². The van der Waals surface area contributed by atoms with Gasteiger partial charge in [0, 0.05) is 0 Å². The number of hydrogen-bond donors (Lipinski definition) is 0. The van der Waals surface area contributed by atoms with Crippen LogP contribution in [0.5, 0.6) is 0 Å². The van der Waals surface area contributed by atoms with E-state index in [0.717, 1.165) is 0 Å². The first-order valence-corrected chi connectivity index (χ1v) is 4.68. The van der Waals surface area contributed by atoms with Gasteiger partial charge >= 0.3 is 0 Å². The summed E-state index contributed by atoms with van der Waals surface area (Å²) in [5.41, 5.74) is 1.45. The third kappa shape index (κ3) is 2.73. The van der Waals surface area contributed by atoms with Crippen LogP contribution in [-0.4, -0.2) is 7.85 Å². The van der Waals surface area contributed by atoms with Crippen LogP contribution in [0.2, 0.25) is 5.31 Å². The first-order valence-electron chi connectivity index (χ1n) is 4.68. The van der Waals surface area contributed by atoms with Gasteiger partial charge < -0.3 is 0 Å². The summed E-state index contributed by atoms with van der Waals surface area (Å²) < 4.78 is 0. The molecule has 0 spiro atoms. The van der Waals surface area contributed by atoms with E-state index in [1.165, 1.54) is 18.4 Å². The molecule has 1 heteroatoms. The van der Waals surface area contributed by atoms with Gasteiger partial charge in [0.05, 0.1) is 0 Å². The fourth-order valence-corrected chi connectivity index (χ4v) is 1.27. The molecule has 0 bridgehead atoms. The van der Waals surface area contributed by atoms with Crippen LogP contribution in [-0.2, 0) is 6.42 Å². The zero-order valence-corrected chi connectivity index (χ0v) is 8.30. The van der Waals surface area contributed by atoms with Crippen LogP contribution >= 0.6 is 0 Å². The van der Waals surface area contributed by atoms with Crippen LogP contribution in [0.4, 0.5) is 0 Å². The van der Waals surface area contributed by atoms with Gasteiger partial charge in [-0.1, -0.05) is 55.9 Å². The van der Waals surface area contributed by atoms with Gasteiger partial charge in [0.15, 0.2) is 0 Å². The minimum atomic E-state index is 0.446. The molecule has 0 aliphatic rings. The van der Waals surface area contributed by atoms with Crippen molar-refractivity contribution in [2.45, 2.75) is 32.0 Å². The van der Waals surface area contributed by atoms with Crippen molar-refractivity contribution in [1.82, 2.24) is 0 Å². The lowest BCUT2D eigenvalue weighted by atomic mass is 9.65. The van der Waals surface area contributed by atoms with Gasteiger partial charge in [0.25, 0.3) is 0 Å². The topological polar surface area (TPSA) is 0 Å². The molecule has 0 saturated heterocycles. The van der Waals surface area contributed by atoms with Crippen LogP contribution in [0.1, 0.15) is 25.8 Å². The molecule has 0 aliphatic carbocycles. The van der Waals surface area contributed by atoms with E-state index in [4.69, 9.17) is 0 Å². The molecule has 0 heterocycles. The lowest BCUT2D eigenvalue weighted by molar-refractivity contribution is 0.587. The van der Waals surface area contributed by atoms with Crippen molar-refractivity contribution < 1.29 is 0 Å². The van der Waals surface area contributed by atoms with Crippen molar-refractivity contribution in [2.24, 2.45) is 0 Å². The highest BCUT2D eigenvalue weighted by Gasteiger charge is 2.14. The molecule has 64 valence electrons. The molecule has 0 fully saturated rings. The van der Waals surface area contributed by atoms with E-state index in [1.54, 1.807) is 0 Å². The second-order valence-corrected chi connectivity index (χ2v) is 4.18. The molecule has 1 atom stereocenters. The van der Waals surface area contributed by atoms with Crippen molar-refractivity contribution in [3.05, 3.63) is 35.9 Å². The SMILES string of the molecule is BC(C)(CC)Cc1ccccc1. The summed E-state index contributed by atoms with van der Waals surface area (Å²) in [5, 5.41) is 0.446. The molecule has 0 saturated carbocycles. The zero-order chi connectivity index (χ0) is 9.03. The van der Waals surface area contributed by atoms with Crippen LogP contribution in [0.15, 0.2) is 30.3 Å². The summed E-state index contributed by atoms with van der Waals surface area (Å²) in [4.78, 5) is 0. The Morgan fingerprint density at radius 2 is 1.83 bits per heavy atom. The molecule has 0 N–H and O–H groups in total. The van der Waals surface area contributed by atoms with Gasteiger partial charge in [-0.2, -0.15) is 0 Å². The average Bonchev–Trinajstić information content (AvgIpc) is 2.06. The van der Waals surface area contributed by atoms with E-state index in [2.05, 4.69) is 52.0 Å². The highest BCUT2D eigenvalue weighted by atomic mass is 14.1. The lowest BCUT2D eigenvalue weighted by Gasteiger charge is -2.22. The minimum absolute atomic E-state index is 0.446. The second kappa shape index (κ2) is 3.80. The summed E-state index contributed by atoms with van der Waals surface area (Å²) in [6.07, 6.45) is 2.42. The maximum absolute atomic E-state index is 2.32. The van der Waals surface area contributed by atoms with Crippen LogP contribution in [0, 0.1) is 0 Å². The molecule has 0 radical (unpaired) electrons. The number of rotatable bonds is 3. The second-order valence-electron chi connectivity index (χ2n) is 4.18. The van der Waals surface area contributed by atoms with E-state index in [0.29, 0.717) is 5.31 Å². The van der Waals surface area contributed by atoms with E-state index in [-0.39, 0.29) is 0 Å². The van der Waals surface area contributed by atoms with Gasteiger partial charge in [-0.05, 0) is 12.0 Å². The van der Waals surface area contributed by atoms with Gasteiger partial charge in [0.2, 0.25) is 0 Å². The summed E-state index contributed by atoms with van der Waals surface area (Å²) in [7, 11) is 2.32. The molecular formula is C11H17B. The lowest BCUT2D eigenvalue weighted by Crippen LogP contribution is -2.09. The van der Waals surface area contributed by atoms with Crippen LogP contribution < -0.4 is 0 Å². The van der Waals surface area contributed by atoms with E-state index < -0.39 is 0 Å². The molecule has 1 unspecified atom stereocenters. The molecule has 1 aromatic carbocycles.